The minimum absolute atomic E-state index is 0.00994. The van der Waals surface area contributed by atoms with E-state index in [0.717, 1.165) is 17.3 Å². The molecule has 0 unspecified atom stereocenters. The Labute approximate surface area is 108 Å². The molecule has 0 aromatic heterocycles. The molecule has 4 heteroatoms. The van der Waals surface area contributed by atoms with E-state index in [2.05, 4.69) is 21.2 Å². The number of halogens is 2. The predicted molar refractivity (Wildman–Crippen MR) is 68.9 cm³/mol. The smallest absolute Gasteiger partial charge is 0.251 e. The standard InChI is InChI=1S/C12H13BrClNO/c13-10-7-8(5-6-11(10)14)12(16)15-9-3-1-2-4-9/h5-7,9H,1-4H2,(H,15,16). The molecular formula is C12H13BrClNO. The molecule has 1 N–H and O–H groups in total. The van der Waals surface area contributed by atoms with Crippen LogP contribution in [-0.4, -0.2) is 11.9 Å². The Morgan fingerprint density at radius 2 is 2.06 bits per heavy atom. The summed E-state index contributed by atoms with van der Waals surface area (Å²) in [7, 11) is 0. The molecule has 0 atom stereocenters. The first kappa shape index (κ1) is 11.9. The van der Waals surface area contributed by atoms with Gasteiger partial charge in [0.05, 0.1) is 5.02 Å². The summed E-state index contributed by atoms with van der Waals surface area (Å²) in [6, 6.07) is 5.58. The Morgan fingerprint density at radius 3 is 2.69 bits per heavy atom. The molecular weight excluding hydrogens is 289 g/mol. The number of benzene rings is 1. The van der Waals surface area contributed by atoms with Gasteiger partial charge in [-0.3, -0.25) is 4.79 Å². The van der Waals surface area contributed by atoms with Crippen LogP contribution in [0.5, 0.6) is 0 Å². The quantitative estimate of drug-likeness (QED) is 0.885. The molecule has 1 saturated carbocycles. The third kappa shape index (κ3) is 2.77. The van der Waals surface area contributed by atoms with Crippen molar-refractivity contribution in [2.24, 2.45) is 0 Å². The summed E-state index contributed by atoms with van der Waals surface area (Å²) >= 11 is 9.19. The molecule has 2 rings (SSSR count). The minimum Gasteiger partial charge on any atom is -0.349 e. The van der Waals surface area contributed by atoms with Crippen LogP contribution < -0.4 is 5.32 Å². The zero-order valence-corrected chi connectivity index (χ0v) is 11.1. The highest BCUT2D eigenvalue weighted by Gasteiger charge is 2.18. The van der Waals surface area contributed by atoms with E-state index in [1.54, 1.807) is 18.2 Å². The van der Waals surface area contributed by atoms with Crippen molar-refractivity contribution >= 4 is 33.4 Å². The first-order valence-corrected chi connectivity index (χ1v) is 6.60. The Morgan fingerprint density at radius 1 is 1.38 bits per heavy atom. The number of carbonyl (C=O) groups is 1. The van der Waals surface area contributed by atoms with Gasteiger partial charge in [0, 0.05) is 16.1 Å². The normalized spacial score (nSPS) is 16.4. The van der Waals surface area contributed by atoms with Gasteiger partial charge in [-0.1, -0.05) is 24.4 Å². The second-order valence-electron chi connectivity index (χ2n) is 4.08. The maximum atomic E-state index is 11.9. The minimum atomic E-state index is -0.00994. The highest BCUT2D eigenvalue weighted by Crippen LogP contribution is 2.24. The number of hydrogen-bond acceptors (Lipinski definition) is 1. The van der Waals surface area contributed by atoms with Crippen molar-refractivity contribution in [2.75, 3.05) is 0 Å². The van der Waals surface area contributed by atoms with E-state index < -0.39 is 0 Å². The van der Waals surface area contributed by atoms with Crippen LogP contribution in [-0.2, 0) is 0 Å². The maximum absolute atomic E-state index is 11.9. The maximum Gasteiger partial charge on any atom is 0.251 e. The van der Waals surface area contributed by atoms with Crippen LogP contribution >= 0.6 is 27.5 Å². The molecule has 0 heterocycles. The van der Waals surface area contributed by atoms with E-state index in [-0.39, 0.29) is 5.91 Å². The predicted octanol–water partition coefficient (Wildman–Crippen LogP) is 3.77. The summed E-state index contributed by atoms with van der Waals surface area (Å²) in [6.07, 6.45) is 4.63. The molecule has 1 amide bonds. The fourth-order valence-corrected chi connectivity index (χ4v) is 2.47. The van der Waals surface area contributed by atoms with Crippen molar-refractivity contribution < 1.29 is 4.79 Å². The van der Waals surface area contributed by atoms with Crippen molar-refractivity contribution in [1.29, 1.82) is 0 Å². The van der Waals surface area contributed by atoms with Gasteiger partial charge >= 0.3 is 0 Å². The summed E-state index contributed by atoms with van der Waals surface area (Å²) < 4.78 is 0.758. The average Bonchev–Trinajstić information content (AvgIpc) is 2.74. The van der Waals surface area contributed by atoms with Gasteiger partial charge in [-0.2, -0.15) is 0 Å². The number of amides is 1. The third-order valence-electron chi connectivity index (χ3n) is 2.87. The summed E-state index contributed by atoms with van der Waals surface area (Å²) in [5.41, 5.74) is 0.656. The van der Waals surface area contributed by atoms with Gasteiger partial charge in [0.1, 0.15) is 0 Å². The lowest BCUT2D eigenvalue weighted by atomic mass is 10.2. The topological polar surface area (TPSA) is 29.1 Å². The van der Waals surface area contributed by atoms with E-state index in [1.807, 2.05) is 0 Å². The number of hydrogen-bond donors (Lipinski definition) is 1. The van der Waals surface area contributed by atoms with Crippen LogP contribution in [0.25, 0.3) is 0 Å². The van der Waals surface area contributed by atoms with Crippen LogP contribution in [0.4, 0.5) is 0 Å². The summed E-state index contributed by atoms with van der Waals surface area (Å²) in [5, 5.41) is 3.66. The van der Waals surface area contributed by atoms with Crippen LogP contribution in [0.3, 0.4) is 0 Å². The molecule has 0 bridgehead atoms. The Hall–Kier alpha value is -0.540. The lowest BCUT2D eigenvalue weighted by Crippen LogP contribution is -2.32. The molecule has 2 nitrogen and oxygen atoms in total. The summed E-state index contributed by atoms with van der Waals surface area (Å²) in [4.78, 5) is 11.9. The van der Waals surface area contributed by atoms with Crippen molar-refractivity contribution in [3.8, 4) is 0 Å². The molecule has 1 fully saturated rings. The number of nitrogens with one attached hydrogen (secondary N) is 1. The zero-order chi connectivity index (χ0) is 11.5. The van der Waals surface area contributed by atoms with Gasteiger partial charge < -0.3 is 5.32 Å². The van der Waals surface area contributed by atoms with Gasteiger partial charge in [-0.15, -0.1) is 0 Å². The van der Waals surface area contributed by atoms with E-state index in [1.165, 1.54) is 12.8 Å². The molecule has 0 spiro atoms. The van der Waals surface area contributed by atoms with Gasteiger partial charge in [-0.05, 0) is 47.0 Å². The lowest BCUT2D eigenvalue weighted by molar-refractivity contribution is 0.0938. The number of carbonyl (C=O) groups excluding carboxylic acids is 1. The summed E-state index contributed by atoms with van der Waals surface area (Å²) in [6.45, 7) is 0. The first-order chi connectivity index (χ1) is 7.66. The second-order valence-corrected chi connectivity index (χ2v) is 5.35. The van der Waals surface area contributed by atoms with Crippen LogP contribution in [0.1, 0.15) is 36.0 Å². The largest absolute Gasteiger partial charge is 0.349 e. The fourth-order valence-electron chi connectivity index (χ4n) is 1.98. The molecule has 1 aromatic rings. The average molecular weight is 303 g/mol. The molecule has 86 valence electrons. The third-order valence-corrected chi connectivity index (χ3v) is 4.09. The highest BCUT2D eigenvalue weighted by atomic mass is 79.9. The monoisotopic (exact) mass is 301 g/mol. The molecule has 1 aromatic carbocycles. The van der Waals surface area contributed by atoms with Crippen molar-refractivity contribution in [2.45, 2.75) is 31.7 Å². The second kappa shape index (κ2) is 5.19. The molecule has 0 aliphatic heterocycles. The van der Waals surface area contributed by atoms with Crippen molar-refractivity contribution in [1.82, 2.24) is 5.32 Å². The van der Waals surface area contributed by atoms with Crippen molar-refractivity contribution in [3.05, 3.63) is 33.3 Å². The molecule has 16 heavy (non-hydrogen) atoms. The van der Waals surface area contributed by atoms with Crippen LogP contribution in [0, 0.1) is 0 Å². The zero-order valence-electron chi connectivity index (χ0n) is 8.80. The van der Waals surface area contributed by atoms with E-state index in [9.17, 15) is 4.79 Å². The molecule has 1 aliphatic rings. The van der Waals surface area contributed by atoms with Crippen LogP contribution in [0.2, 0.25) is 5.02 Å². The van der Waals surface area contributed by atoms with Gasteiger partial charge in [0.25, 0.3) is 5.91 Å². The SMILES string of the molecule is O=C(NC1CCCC1)c1ccc(Cl)c(Br)c1. The number of rotatable bonds is 2. The van der Waals surface area contributed by atoms with Crippen molar-refractivity contribution in [3.63, 3.8) is 0 Å². The van der Waals surface area contributed by atoms with E-state index >= 15 is 0 Å². The molecule has 0 saturated heterocycles. The van der Waals surface area contributed by atoms with Gasteiger partial charge in [0.15, 0.2) is 0 Å². The van der Waals surface area contributed by atoms with Gasteiger partial charge in [0.2, 0.25) is 0 Å². The van der Waals surface area contributed by atoms with E-state index in [4.69, 9.17) is 11.6 Å². The lowest BCUT2D eigenvalue weighted by Gasteiger charge is -2.12. The Kier molecular flexibility index (Phi) is 3.87. The van der Waals surface area contributed by atoms with Gasteiger partial charge in [-0.25, -0.2) is 0 Å². The Balaban J connectivity index is 2.05. The molecule has 1 aliphatic carbocycles. The first-order valence-electron chi connectivity index (χ1n) is 5.43. The molecule has 0 radical (unpaired) electrons. The Bertz CT molecular complexity index is 402. The highest BCUT2D eigenvalue weighted by molar-refractivity contribution is 9.10. The summed E-state index contributed by atoms with van der Waals surface area (Å²) in [5.74, 6) is -0.00994. The fraction of sp³-hybridized carbons (Fsp3) is 0.417. The van der Waals surface area contributed by atoms with Crippen LogP contribution in [0.15, 0.2) is 22.7 Å². The van der Waals surface area contributed by atoms with E-state index in [0.29, 0.717) is 16.6 Å².